The molecule has 20 heavy (non-hydrogen) atoms. The first kappa shape index (κ1) is 13.9. The van der Waals surface area contributed by atoms with Crippen LogP contribution < -0.4 is 10.6 Å². The Bertz CT molecular complexity index is 479. The molecular weight excluding hydrogens is 274 g/mol. The molecule has 0 bridgehead atoms. The molecule has 1 saturated heterocycles. The number of thioether (sulfide) groups is 1. The Kier molecular flexibility index (Phi) is 3.98. The topological polar surface area (TPSA) is 71.8 Å². The van der Waals surface area contributed by atoms with Gasteiger partial charge < -0.3 is 10.6 Å². The lowest BCUT2D eigenvalue weighted by Gasteiger charge is -2.22. The number of aromatic nitrogens is 3. The summed E-state index contributed by atoms with van der Waals surface area (Å²) in [6, 6.07) is 0.367. The number of amides is 1. The Labute approximate surface area is 123 Å². The molecule has 1 aromatic rings. The summed E-state index contributed by atoms with van der Waals surface area (Å²) in [6.45, 7) is 2.73. The van der Waals surface area contributed by atoms with Crippen LogP contribution in [0.3, 0.4) is 0 Å². The zero-order chi connectivity index (χ0) is 14.0. The SMILES string of the molecule is CSC1(CNC(=O)c2cn(C3CCNCC3)nn2)CC1. The lowest BCUT2D eigenvalue weighted by Crippen LogP contribution is -2.32. The van der Waals surface area contributed by atoms with Gasteiger partial charge in [0, 0.05) is 11.3 Å². The molecule has 0 spiro atoms. The second-order valence-electron chi connectivity index (χ2n) is 5.63. The van der Waals surface area contributed by atoms with Crippen molar-refractivity contribution < 1.29 is 4.79 Å². The van der Waals surface area contributed by atoms with E-state index in [0.29, 0.717) is 11.7 Å². The van der Waals surface area contributed by atoms with Crippen molar-refractivity contribution >= 4 is 17.7 Å². The summed E-state index contributed by atoms with van der Waals surface area (Å²) in [5, 5.41) is 14.4. The van der Waals surface area contributed by atoms with E-state index in [-0.39, 0.29) is 10.7 Å². The van der Waals surface area contributed by atoms with Crippen molar-refractivity contribution in [3.05, 3.63) is 11.9 Å². The number of piperidine rings is 1. The van der Waals surface area contributed by atoms with Gasteiger partial charge in [0.1, 0.15) is 0 Å². The van der Waals surface area contributed by atoms with Crippen molar-refractivity contribution in [1.82, 2.24) is 25.6 Å². The van der Waals surface area contributed by atoms with Gasteiger partial charge in [0.2, 0.25) is 0 Å². The van der Waals surface area contributed by atoms with E-state index >= 15 is 0 Å². The standard InChI is InChI=1S/C13H21N5OS/c1-20-13(4-5-13)9-15-12(19)11-8-18(17-16-11)10-2-6-14-7-3-10/h8,10,14H,2-7,9H2,1H3,(H,15,19). The predicted octanol–water partition coefficient (Wildman–Crippen LogP) is 0.828. The predicted molar refractivity (Wildman–Crippen MR) is 79.0 cm³/mol. The van der Waals surface area contributed by atoms with Crippen LogP contribution in [-0.2, 0) is 0 Å². The molecule has 1 amide bonds. The van der Waals surface area contributed by atoms with Gasteiger partial charge in [-0.05, 0) is 45.0 Å². The number of carbonyl (C=O) groups is 1. The van der Waals surface area contributed by atoms with Crippen LogP contribution in [0.25, 0.3) is 0 Å². The third kappa shape index (κ3) is 2.98. The number of hydrogen-bond donors (Lipinski definition) is 2. The molecule has 1 aliphatic carbocycles. The molecular formula is C13H21N5OS. The zero-order valence-corrected chi connectivity index (χ0v) is 12.6. The van der Waals surface area contributed by atoms with Gasteiger partial charge in [-0.1, -0.05) is 5.21 Å². The van der Waals surface area contributed by atoms with Gasteiger partial charge in [-0.2, -0.15) is 11.8 Å². The molecule has 1 aromatic heterocycles. The second kappa shape index (κ2) is 5.73. The monoisotopic (exact) mass is 295 g/mol. The minimum absolute atomic E-state index is 0.106. The molecule has 0 radical (unpaired) electrons. The highest BCUT2D eigenvalue weighted by Gasteiger charge is 2.42. The first-order chi connectivity index (χ1) is 9.72. The lowest BCUT2D eigenvalue weighted by atomic mass is 10.1. The summed E-state index contributed by atoms with van der Waals surface area (Å²) in [5.41, 5.74) is 0.431. The maximum Gasteiger partial charge on any atom is 0.273 e. The zero-order valence-electron chi connectivity index (χ0n) is 11.8. The average Bonchev–Trinajstić information content (AvgIpc) is 3.12. The molecule has 1 saturated carbocycles. The van der Waals surface area contributed by atoms with Crippen molar-refractivity contribution in [2.45, 2.75) is 36.5 Å². The summed E-state index contributed by atoms with van der Waals surface area (Å²) in [7, 11) is 0. The van der Waals surface area contributed by atoms with Crippen LogP contribution in [0.5, 0.6) is 0 Å². The van der Waals surface area contributed by atoms with Gasteiger partial charge in [-0.25, -0.2) is 4.68 Å². The van der Waals surface area contributed by atoms with Gasteiger partial charge in [0.05, 0.1) is 12.2 Å². The van der Waals surface area contributed by atoms with Crippen molar-refractivity contribution in [1.29, 1.82) is 0 Å². The number of carbonyl (C=O) groups excluding carboxylic acids is 1. The van der Waals surface area contributed by atoms with E-state index in [1.807, 2.05) is 16.4 Å². The van der Waals surface area contributed by atoms with E-state index < -0.39 is 0 Å². The Morgan fingerprint density at radius 3 is 2.95 bits per heavy atom. The highest BCUT2D eigenvalue weighted by atomic mass is 32.2. The van der Waals surface area contributed by atoms with E-state index in [0.717, 1.165) is 32.5 Å². The number of nitrogens with zero attached hydrogens (tertiary/aromatic N) is 3. The quantitative estimate of drug-likeness (QED) is 0.842. The van der Waals surface area contributed by atoms with Gasteiger partial charge in [0.15, 0.2) is 5.69 Å². The van der Waals surface area contributed by atoms with E-state index in [9.17, 15) is 4.79 Å². The summed E-state index contributed by atoms with van der Waals surface area (Å²) in [6.07, 6.45) is 8.35. The fourth-order valence-electron chi connectivity index (χ4n) is 2.55. The largest absolute Gasteiger partial charge is 0.349 e. The van der Waals surface area contributed by atoms with Crippen LogP contribution in [0.4, 0.5) is 0 Å². The van der Waals surface area contributed by atoms with Crippen LogP contribution in [0.1, 0.15) is 42.2 Å². The number of rotatable bonds is 5. The fourth-order valence-corrected chi connectivity index (χ4v) is 3.28. The van der Waals surface area contributed by atoms with Gasteiger partial charge in [-0.3, -0.25) is 4.79 Å². The van der Waals surface area contributed by atoms with E-state index in [1.165, 1.54) is 12.8 Å². The van der Waals surface area contributed by atoms with E-state index in [2.05, 4.69) is 27.2 Å². The number of nitrogens with one attached hydrogen (secondary N) is 2. The highest BCUT2D eigenvalue weighted by molar-refractivity contribution is 8.00. The summed E-state index contributed by atoms with van der Waals surface area (Å²) < 4.78 is 2.12. The van der Waals surface area contributed by atoms with Crippen molar-refractivity contribution in [2.24, 2.45) is 0 Å². The molecule has 2 heterocycles. The van der Waals surface area contributed by atoms with Gasteiger partial charge in [-0.15, -0.1) is 5.10 Å². The average molecular weight is 295 g/mol. The molecule has 110 valence electrons. The highest BCUT2D eigenvalue weighted by Crippen LogP contribution is 2.46. The fraction of sp³-hybridized carbons (Fsp3) is 0.769. The van der Waals surface area contributed by atoms with Crippen LogP contribution >= 0.6 is 11.8 Å². The van der Waals surface area contributed by atoms with Crippen molar-refractivity contribution in [3.63, 3.8) is 0 Å². The van der Waals surface area contributed by atoms with Gasteiger partial charge >= 0.3 is 0 Å². The normalized spacial score (nSPS) is 21.6. The lowest BCUT2D eigenvalue weighted by molar-refractivity contribution is 0.0948. The molecule has 1 aliphatic heterocycles. The Hall–Kier alpha value is -1.08. The third-order valence-corrected chi connectivity index (χ3v) is 5.66. The smallest absolute Gasteiger partial charge is 0.273 e. The summed E-state index contributed by atoms with van der Waals surface area (Å²) >= 11 is 1.84. The van der Waals surface area contributed by atoms with Gasteiger partial charge in [0.25, 0.3) is 5.91 Å². The minimum Gasteiger partial charge on any atom is -0.349 e. The molecule has 0 unspecified atom stereocenters. The number of hydrogen-bond acceptors (Lipinski definition) is 5. The van der Waals surface area contributed by atoms with E-state index in [4.69, 9.17) is 0 Å². The Balaban J connectivity index is 1.56. The van der Waals surface area contributed by atoms with E-state index in [1.54, 1.807) is 6.20 Å². The Morgan fingerprint density at radius 1 is 1.55 bits per heavy atom. The maximum absolute atomic E-state index is 12.1. The molecule has 0 aromatic carbocycles. The molecule has 6 nitrogen and oxygen atoms in total. The van der Waals surface area contributed by atoms with Crippen molar-refractivity contribution in [3.8, 4) is 0 Å². The van der Waals surface area contributed by atoms with Crippen molar-refractivity contribution in [2.75, 3.05) is 25.9 Å². The summed E-state index contributed by atoms with van der Waals surface area (Å²) in [5.74, 6) is -0.106. The Morgan fingerprint density at radius 2 is 2.30 bits per heavy atom. The molecule has 2 fully saturated rings. The van der Waals surface area contributed by atoms with Crippen LogP contribution in [0.15, 0.2) is 6.20 Å². The molecule has 3 rings (SSSR count). The molecule has 2 aliphatic rings. The molecule has 2 N–H and O–H groups in total. The second-order valence-corrected chi connectivity index (χ2v) is 6.91. The van der Waals surface area contributed by atoms with Crippen LogP contribution in [0.2, 0.25) is 0 Å². The first-order valence-electron chi connectivity index (χ1n) is 7.18. The third-order valence-electron chi connectivity index (χ3n) is 4.24. The minimum atomic E-state index is -0.106. The molecule has 7 heteroatoms. The van der Waals surface area contributed by atoms with Crippen LogP contribution in [0, 0.1) is 0 Å². The first-order valence-corrected chi connectivity index (χ1v) is 8.41. The maximum atomic E-state index is 12.1. The molecule has 0 atom stereocenters. The van der Waals surface area contributed by atoms with Crippen LogP contribution in [-0.4, -0.2) is 51.5 Å². The summed E-state index contributed by atoms with van der Waals surface area (Å²) in [4.78, 5) is 12.1.